The van der Waals surface area contributed by atoms with Gasteiger partial charge in [-0.1, -0.05) is 19.3 Å². The van der Waals surface area contributed by atoms with Gasteiger partial charge in [0.25, 0.3) is 11.4 Å². The van der Waals surface area contributed by atoms with E-state index in [-0.39, 0.29) is 23.2 Å². The molecule has 0 radical (unpaired) electrons. The van der Waals surface area contributed by atoms with Crippen molar-refractivity contribution in [2.75, 3.05) is 0 Å². The van der Waals surface area contributed by atoms with E-state index >= 15 is 0 Å². The summed E-state index contributed by atoms with van der Waals surface area (Å²) in [4.78, 5) is 46.8. The number of nitrogens with zero attached hydrogens (tertiary/aromatic N) is 4. The third-order valence-corrected chi connectivity index (χ3v) is 6.73. The minimum absolute atomic E-state index is 0.0368. The van der Waals surface area contributed by atoms with E-state index in [4.69, 9.17) is 0 Å². The van der Waals surface area contributed by atoms with Gasteiger partial charge in [0, 0.05) is 25.0 Å². The van der Waals surface area contributed by atoms with E-state index in [9.17, 15) is 29.8 Å². The average molecular weight is 523 g/mol. The fourth-order valence-electron chi connectivity index (χ4n) is 3.03. The van der Waals surface area contributed by atoms with Gasteiger partial charge in [0.05, 0.1) is 41.8 Å². The van der Waals surface area contributed by atoms with Gasteiger partial charge in [0.1, 0.15) is 0 Å². The van der Waals surface area contributed by atoms with Crippen LogP contribution in [-0.4, -0.2) is 34.1 Å². The van der Waals surface area contributed by atoms with E-state index < -0.39 is 9.85 Å². The first-order valence-corrected chi connectivity index (χ1v) is 12.4. The molecule has 0 aromatic carbocycles. The number of amides is 2. The SMILES string of the molecule is Cc1sc(C=NNC(=O)CCCCCCCC(=O)NN=Cc2cc([N+](=O)[O-])c(C)s2)cc1[N+](=O)[O-]. The molecule has 0 aliphatic heterocycles. The second-order valence-electron chi connectivity index (χ2n) is 7.55. The lowest BCUT2D eigenvalue weighted by Crippen LogP contribution is -2.17. The predicted octanol–water partition coefficient (Wildman–Crippen LogP) is 4.57. The van der Waals surface area contributed by atoms with Crippen molar-refractivity contribution < 1.29 is 19.4 Å². The quantitative estimate of drug-likeness (QED) is 0.159. The zero-order valence-corrected chi connectivity index (χ0v) is 20.9. The van der Waals surface area contributed by atoms with E-state index in [1.807, 2.05) is 0 Å². The third-order valence-electron chi connectivity index (χ3n) is 4.78. The van der Waals surface area contributed by atoms with Gasteiger partial charge in [0.15, 0.2) is 0 Å². The van der Waals surface area contributed by atoms with Crippen molar-refractivity contribution in [3.63, 3.8) is 0 Å². The van der Waals surface area contributed by atoms with Gasteiger partial charge in [-0.05, 0) is 26.7 Å². The Morgan fingerprint density at radius 3 is 1.51 bits per heavy atom. The molecule has 2 aromatic heterocycles. The second kappa shape index (κ2) is 14.0. The summed E-state index contributed by atoms with van der Waals surface area (Å²) in [7, 11) is 0. The molecular weight excluding hydrogens is 496 g/mol. The van der Waals surface area contributed by atoms with Gasteiger partial charge in [-0.3, -0.25) is 29.8 Å². The number of hydrogen-bond acceptors (Lipinski definition) is 10. The summed E-state index contributed by atoms with van der Waals surface area (Å²) in [5.41, 5.74) is 4.91. The van der Waals surface area contributed by atoms with Crippen LogP contribution in [0.3, 0.4) is 0 Å². The average Bonchev–Trinajstić information content (AvgIpc) is 3.35. The van der Waals surface area contributed by atoms with E-state index in [1.165, 1.54) is 47.2 Å². The van der Waals surface area contributed by atoms with Crippen LogP contribution in [0.25, 0.3) is 0 Å². The van der Waals surface area contributed by atoms with Crippen LogP contribution >= 0.6 is 22.7 Å². The highest BCUT2D eigenvalue weighted by Crippen LogP contribution is 2.27. The highest BCUT2D eigenvalue weighted by Gasteiger charge is 2.15. The zero-order valence-electron chi connectivity index (χ0n) is 19.3. The molecule has 35 heavy (non-hydrogen) atoms. The molecule has 0 atom stereocenters. The van der Waals surface area contributed by atoms with Crippen molar-refractivity contribution in [3.05, 3.63) is 51.9 Å². The number of thiophene rings is 2. The molecule has 2 N–H and O–H groups in total. The monoisotopic (exact) mass is 522 g/mol. The molecule has 0 saturated carbocycles. The molecule has 2 rings (SSSR count). The lowest BCUT2D eigenvalue weighted by atomic mass is 10.1. The van der Waals surface area contributed by atoms with Crippen LogP contribution in [-0.2, 0) is 9.59 Å². The Morgan fingerprint density at radius 2 is 1.17 bits per heavy atom. The van der Waals surface area contributed by atoms with Gasteiger partial charge < -0.3 is 0 Å². The van der Waals surface area contributed by atoms with Crippen LogP contribution in [0.5, 0.6) is 0 Å². The molecule has 2 amide bonds. The third kappa shape index (κ3) is 9.70. The first-order chi connectivity index (χ1) is 16.7. The van der Waals surface area contributed by atoms with E-state index in [0.717, 1.165) is 19.3 Å². The van der Waals surface area contributed by atoms with Crippen LogP contribution in [0.4, 0.5) is 11.4 Å². The van der Waals surface area contributed by atoms with E-state index in [2.05, 4.69) is 21.1 Å². The Morgan fingerprint density at radius 1 is 0.800 bits per heavy atom. The van der Waals surface area contributed by atoms with Gasteiger partial charge in [0.2, 0.25) is 11.8 Å². The lowest BCUT2D eigenvalue weighted by molar-refractivity contribution is -0.385. The lowest BCUT2D eigenvalue weighted by Gasteiger charge is -2.02. The molecule has 14 heteroatoms. The predicted molar refractivity (Wildman–Crippen MR) is 135 cm³/mol. The van der Waals surface area contributed by atoms with Crippen molar-refractivity contribution >= 4 is 58.3 Å². The van der Waals surface area contributed by atoms with Crippen LogP contribution in [0.2, 0.25) is 0 Å². The Hall–Kier alpha value is -3.52. The van der Waals surface area contributed by atoms with Crippen molar-refractivity contribution in [1.82, 2.24) is 10.9 Å². The number of nitro groups is 2. The van der Waals surface area contributed by atoms with Gasteiger partial charge in [-0.15, -0.1) is 22.7 Å². The molecule has 2 aromatic rings. The fourth-order valence-corrected chi connectivity index (χ4v) is 4.76. The number of carbonyl (C=O) groups is 2. The minimum Gasteiger partial charge on any atom is -0.273 e. The number of nitrogens with one attached hydrogen (secondary N) is 2. The Labute approximate surface area is 209 Å². The summed E-state index contributed by atoms with van der Waals surface area (Å²) in [6, 6.07) is 2.84. The maximum Gasteiger partial charge on any atom is 0.283 e. The fraction of sp³-hybridized carbons (Fsp3) is 0.429. The maximum absolute atomic E-state index is 11.8. The summed E-state index contributed by atoms with van der Waals surface area (Å²) >= 11 is 2.46. The number of rotatable bonds is 14. The van der Waals surface area contributed by atoms with Crippen LogP contribution in [0.1, 0.15) is 64.5 Å². The number of hydrogen-bond donors (Lipinski definition) is 2. The van der Waals surface area contributed by atoms with E-state index in [0.29, 0.717) is 45.2 Å². The van der Waals surface area contributed by atoms with Crippen LogP contribution in [0, 0.1) is 34.1 Å². The number of hydrazone groups is 2. The first-order valence-electron chi connectivity index (χ1n) is 10.8. The van der Waals surface area contributed by atoms with Crippen molar-refractivity contribution in [2.45, 2.75) is 58.8 Å². The molecule has 0 bridgehead atoms. The van der Waals surface area contributed by atoms with Crippen molar-refractivity contribution in [3.8, 4) is 0 Å². The minimum atomic E-state index is -0.452. The summed E-state index contributed by atoms with van der Waals surface area (Å²) < 4.78 is 0. The van der Waals surface area contributed by atoms with Crippen molar-refractivity contribution in [2.24, 2.45) is 10.2 Å². The Balaban J connectivity index is 1.52. The molecule has 0 spiro atoms. The Kier molecular flexibility index (Phi) is 11.1. The van der Waals surface area contributed by atoms with E-state index in [1.54, 1.807) is 13.8 Å². The number of unbranched alkanes of at least 4 members (excludes halogenated alkanes) is 4. The molecular formula is C21H26N6O6S2. The van der Waals surface area contributed by atoms with Gasteiger partial charge in [-0.25, -0.2) is 10.9 Å². The second-order valence-corrected chi connectivity index (χ2v) is 10.1. The summed E-state index contributed by atoms with van der Waals surface area (Å²) in [5.74, 6) is -0.458. The van der Waals surface area contributed by atoms with Gasteiger partial charge in [-0.2, -0.15) is 10.2 Å². The Bertz CT molecular complexity index is 1040. The summed E-state index contributed by atoms with van der Waals surface area (Å²) in [6.07, 6.45) is 7.34. The van der Waals surface area contributed by atoms with Crippen LogP contribution < -0.4 is 10.9 Å². The standard InChI is InChI=1S/C21H26N6O6S2/c1-14-18(26(30)31)10-16(34-14)12-22-24-20(28)8-6-4-3-5-7-9-21(29)25-23-13-17-11-19(27(32)33)15(2)35-17/h10-13H,3-9H2,1-2H3,(H,24,28)(H,25,29). The van der Waals surface area contributed by atoms with Crippen molar-refractivity contribution in [1.29, 1.82) is 0 Å². The van der Waals surface area contributed by atoms with Crippen LogP contribution in [0.15, 0.2) is 22.3 Å². The molecule has 0 aliphatic carbocycles. The summed E-state index contributed by atoms with van der Waals surface area (Å²) in [6.45, 7) is 3.31. The molecule has 2 heterocycles. The highest BCUT2D eigenvalue weighted by molar-refractivity contribution is 7.14. The topological polar surface area (TPSA) is 169 Å². The molecule has 0 unspecified atom stereocenters. The normalized spacial score (nSPS) is 11.3. The number of carbonyl (C=O) groups excluding carboxylic acids is 2. The zero-order chi connectivity index (χ0) is 25.8. The maximum atomic E-state index is 11.8. The first kappa shape index (κ1) is 27.7. The molecule has 0 aliphatic rings. The van der Waals surface area contributed by atoms with Gasteiger partial charge >= 0.3 is 0 Å². The highest BCUT2D eigenvalue weighted by atomic mass is 32.1. The molecule has 188 valence electrons. The smallest absolute Gasteiger partial charge is 0.273 e. The number of aryl methyl sites for hydroxylation is 2. The molecule has 0 saturated heterocycles. The molecule has 0 fully saturated rings. The largest absolute Gasteiger partial charge is 0.283 e. The molecule has 12 nitrogen and oxygen atoms in total. The summed E-state index contributed by atoms with van der Waals surface area (Å²) in [5, 5.41) is 29.3.